The highest BCUT2D eigenvalue weighted by Gasteiger charge is 2.09. The lowest BCUT2D eigenvalue weighted by molar-refractivity contribution is 0.0690. The molecule has 5 nitrogen and oxygen atoms in total. The van der Waals surface area contributed by atoms with Crippen molar-refractivity contribution in [3.63, 3.8) is 0 Å². The fourth-order valence-corrected chi connectivity index (χ4v) is 1.15. The molecule has 15 heavy (non-hydrogen) atoms. The molecule has 0 radical (unpaired) electrons. The molecule has 1 aromatic rings. The van der Waals surface area contributed by atoms with Crippen molar-refractivity contribution in [1.82, 2.24) is 15.1 Å². The molecule has 0 saturated heterocycles. The molecule has 0 unspecified atom stereocenters. The van der Waals surface area contributed by atoms with Gasteiger partial charge in [0.1, 0.15) is 0 Å². The smallest absolute Gasteiger partial charge is 0.356 e. The van der Waals surface area contributed by atoms with E-state index in [-0.39, 0.29) is 5.69 Å². The minimum absolute atomic E-state index is 0.0807. The number of carbonyl (C=O) groups is 1. The molecule has 0 aliphatic rings. The van der Waals surface area contributed by atoms with Gasteiger partial charge in [-0.2, -0.15) is 5.10 Å². The molecule has 0 amide bonds. The van der Waals surface area contributed by atoms with E-state index >= 15 is 0 Å². The van der Waals surface area contributed by atoms with Crippen molar-refractivity contribution in [2.75, 3.05) is 13.6 Å². The van der Waals surface area contributed by atoms with E-state index in [1.807, 2.05) is 7.05 Å². The molecule has 0 aromatic carbocycles. The molecule has 0 saturated carbocycles. The Morgan fingerprint density at radius 3 is 2.80 bits per heavy atom. The van der Waals surface area contributed by atoms with Crippen molar-refractivity contribution in [3.8, 4) is 0 Å². The van der Waals surface area contributed by atoms with Gasteiger partial charge in [0.15, 0.2) is 5.69 Å². The van der Waals surface area contributed by atoms with Gasteiger partial charge in [-0.1, -0.05) is 0 Å². The van der Waals surface area contributed by atoms with E-state index in [1.54, 1.807) is 6.07 Å². The topological polar surface area (TPSA) is 69.2 Å². The number of nitrogens with zero attached hydrogens (tertiary/aromatic N) is 2. The van der Waals surface area contributed by atoms with Gasteiger partial charge in [0.05, 0.1) is 0 Å². The standard InChI is InChI=1S/C10H17N3O2/c1-7(2)13(3)5-4-8-6-9(10(14)15)12-11-8/h6-7H,4-5H2,1-3H3,(H,11,12)(H,14,15). The highest BCUT2D eigenvalue weighted by molar-refractivity contribution is 5.85. The van der Waals surface area contributed by atoms with Gasteiger partial charge in [0.2, 0.25) is 0 Å². The summed E-state index contributed by atoms with van der Waals surface area (Å²) in [7, 11) is 2.04. The first-order valence-electron chi connectivity index (χ1n) is 4.98. The van der Waals surface area contributed by atoms with Gasteiger partial charge >= 0.3 is 5.97 Å². The number of aromatic carboxylic acids is 1. The van der Waals surface area contributed by atoms with Gasteiger partial charge in [-0.05, 0) is 27.0 Å². The van der Waals surface area contributed by atoms with Crippen molar-refractivity contribution in [1.29, 1.82) is 0 Å². The van der Waals surface area contributed by atoms with E-state index in [0.717, 1.165) is 18.7 Å². The Hall–Kier alpha value is -1.36. The van der Waals surface area contributed by atoms with Crippen molar-refractivity contribution >= 4 is 5.97 Å². The monoisotopic (exact) mass is 211 g/mol. The molecule has 5 heteroatoms. The van der Waals surface area contributed by atoms with Crippen molar-refractivity contribution in [2.45, 2.75) is 26.3 Å². The zero-order valence-electron chi connectivity index (χ0n) is 9.32. The maximum absolute atomic E-state index is 10.6. The second-order valence-corrected chi connectivity index (χ2v) is 3.91. The maximum Gasteiger partial charge on any atom is 0.356 e. The number of H-pyrrole nitrogens is 1. The molecular weight excluding hydrogens is 194 g/mol. The fraction of sp³-hybridized carbons (Fsp3) is 0.600. The third kappa shape index (κ3) is 3.36. The number of likely N-dealkylation sites (N-methyl/N-ethyl adjacent to an activating group) is 1. The summed E-state index contributed by atoms with van der Waals surface area (Å²) in [4.78, 5) is 12.8. The number of nitrogens with one attached hydrogen (secondary N) is 1. The number of rotatable bonds is 5. The largest absolute Gasteiger partial charge is 0.476 e. The van der Waals surface area contributed by atoms with E-state index in [0.29, 0.717) is 6.04 Å². The van der Waals surface area contributed by atoms with Crippen LogP contribution in [0.3, 0.4) is 0 Å². The summed E-state index contributed by atoms with van der Waals surface area (Å²) in [5, 5.41) is 15.1. The maximum atomic E-state index is 10.6. The van der Waals surface area contributed by atoms with Crippen LogP contribution in [0.25, 0.3) is 0 Å². The zero-order chi connectivity index (χ0) is 11.4. The normalized spacial score (nSPS) is 11.3. The van der Waals surface area contributed by atoms with Gasteiger partial charge < -0.3 is 10.0 Å². The van der Waals surface area contributed by atoms with Crippen LogP contribution in [0.5, 0.6) is 0 Å². The molecule has 1 aromatic heterocycles. The molecule has 1 heterocycles. The predicted octanol–water partition coefficient (Wildman–Crippen LogP) is 0.991. The van der Waals surface area contributed by atoms with Gasteiger partial charge in [0, 0.05) is 24.7 Å². The van der Waals surface area contributed by atoms with E-state index < -0.39 is 5.97 Å². The van der Waals surface area contributed by atoms with Crippen molar-refractivity contribution < 1.29 is 9.90 Å². The summed E-state index contributed by atoms with van der Waals surface area (Å²) in [5.41, 5.74) is 0.942. The first-order chi connectivity index (χ1) is 7.00. The van der Waals surface area contributed by atoms with Crippen LogP contribution in [0.15, 0.2) is 6.07 Å². The molecule has 84 valence electrons. The Balaban J connectivity index is 2.48. The van der Waals surface area contributed by atoms with Crippen molar-refractivity contribution in [3.05, 3.63) is 17.5 Å². The number of hydrogen-bond donors (Lipinski definition) is 2. The molecule has 0 fully saturated rings. The molecule has 1 rings (SSSR count). The molecule has 0 aliphatic heterocycles. The van der Waals surface area contributed by atoms with Crippen LogP contribution in [0.4, 0.5) is 0 Å². The Morgan fingerprint density at radius 1 is 1.67 bits per heavy atom. The highest BCUT2D eigenvalue weighted by atomic mass is 16.4. The molecule has 0 bridgehead atoms. The lowest BCUT2D eigenvalue weighted by Crippen LogP contribution is -2.28. The van der Waals surface area contributed by atoms with Crippen LogP contribution < -0.4 is 0 Å². The van der Waals surface area contributed by atoms with Crippen LogP contribution in [0.1, 0.15) is 30.0 Å². The summed E-state index contributed by atoms with van der Waals surface area (Å²) in [6.45, 7) is 5.13. The third-order valence-electron chi connectivity index (χ3n) is 2.47. The van der Waals surface area contributed by atoms with E-state index in [9.17, 15) is 4.79 Å². The summed E-state index contributed by atoms with van der Waals surface area (Å²) in [6, 6.07) is 2.07. The number of carboxylic acids is 1. The minimum atomic E-state index is -0.991. The van der Waals surface area contributed by atoms with Crippen molar-refractivity contribution in [2.24, 2.45) is 0 Å². The first-order valence-corrected chi connectivity index (χ1v) is 4.98. The SMILES string of the molecule is CC(C)N(C)CCc1cc(C(=O)O)n[nH]1. The van der Waals surface area contributed by atoms with Crippen LogP contribution in [-0.2, 0) is 6.42 Å². The second-order valence-electron chi connectivity index (χ2n) is 3.91. The van der Waals surface area contributed by atoms with Crippen LogP contribution in [-0.4, -0.2) is 45.8 Å². The number of aromatic nitrogens is 2. The summed E-state index contributed by atoms with van der Waals surface area (Å²) in [5.74, 6) is -0.991. The van der Waals surface area contributed by atoms with Gasteiger partial charge in [0.25, 0.3) is 0 Å². The van der Waals surface area contributed by atoms with Crippen LogP contribution in [0.2, 0.25) is 0 Å². The summed E-state index contributed by atoms with van der Waals surface area (Å²) >= 11 is 0. The number of carboxylic acid groups (broad SMARTS) is 1. The molecule has 0 aliphatic carbocycles. The number of aromatic amines is 1. The second kappa shape index (κ2) is 4.93. The Bertz CT molecular complexity index is 333. The van der Waals surface area contributed by atoms with E-state index in [2.05, 4.69) is 28.9 Å². The molecule has 0 spiro atoms. The minimum Gasteiger partial charge on any atom is -0.476 e. The van der Waals surface area contributed by atoms with Gasteiger partial charge in [-0.25, -0.2) is 4.79 Å². The molecule has 2 N–H and O–H groups in total. The molecule has 0 atom stereocenters. The fourth-order valence-electron chi connectivity index (χ4n) is 1.15. The summed E-state index contributed by atoms with van der Waals surface area (Å²) in [6.07, 6.45) is 0.787. The summed E-state index contributed by atoms with van der Waals surface area (Å²) < 4.78 is 0. The Morgan fingerprint density at radius 2 is 2.33 bits per heavy atom. The third-order valence-corrected chi connectivity index (χ3v) is 2.47. The van der Waals surface area contributed by atoms with Crippen LogP contribution in [0, 0.1) is 0 Å². The predicted molar refractivity (Wildman–Crippen MR) is 57.0 cm³/mol. The highest BCUT2D eigenvalue weighted by Crippen LogP contribution is 2.02. The van der Waals surface area contributed by atoms with Gasteiger partial charge in [-0.3, -0.25) is 5.10 Å². The van der Waals surface area contributed by atoms with Crippen LogP contribution >= 0.6 is 0 Å². The lowest BCUT2D eigenvalue weighted by Gasteiger charge is -2.20. The van der Waals surface area contributed by atoms with E-state index in [4.69, 9.17) is 5.11 Å². The molecular formula is C10H17N3O2. The quantitative estimate of drug-likeness (QED) is 0.762. The van der Waals surface area contributed by atoms with Gasteiger partial charge in [-0.15, -0.1) is 0 Å². The first kappa shape index (κ1) is 11.7. The van der Waals surface area contributed by atoms with E-state index in [1.165, 1.54) is 0 Å². The zero-order valence-corrected chi connectivity index (χ0v) is 9.32. The lowest BCUT2D eigenvalue weighted by atomic mass is 10.2. The average molecular weight is 211 g/mol. The Kier molecular flexibility index (Phi) is 3.85. The number of hydrogen-bond acceptors (Lipinski definition) is 3. The average Bonchev–Trinajstić information content (AvgIpc) is 2.62. The Labute approximate surface area is 89.1 Å².